The Bertz CT molecular complexity index is 967. The van der Waals surface area contributed by atoms with Crippen LogP contribution in [0.25, 0.3) is 0 Å². The van der Waals surface area contributed by atoms with Gasteiger partial charge < -0.3 is 15.1 Å². The lowest BCUT2D eigenvalue weighted by atomic mass is 9.98. The lowest BCUT2D eigenvalue weighted by Crippen LogP contribution is -2.62. The number of likely N-dealkylation sites (tertiary alicyclic amines) is 1. The SMILES string of the molecule is CC12CCC(=O)N1c1ccccc1C(=O)N2CCC(=O)NC1CCN(C(=O)C2CC2)CC1. The van der Waals surface area contributed by atoms with Gasteiger partial charge in [0.2, 0.25) is 17.7 Å². The van der Waals surface area contributed by atoms with E-state index in [1.165, 1.54) is 0 Å². The molecule has 8 nitrogen and oxygen atoms in total. The Morgan fingerprint density at radius 3 is 2.53 bits per heavy atom. The van der Waals surface area contributed by atoms with E-state index in [-0.39, 0.29) is 48.6 Å². The van der Waals surface area contributed by atoms with E-state index in [0.717, 1.165) is 25.7 Å². The second-order valence-electron chi connectivity index (χ2n) is 9.61. The first-order chi connectivity index (χ1) is 15.4. The molecule has 1 N–H and O–H groups in total. The smallest absolute Gasteiger partial charge is 0.257 e. The van der Waals surface area contributed by atoms with Gasteiger partial charge in [0.05, 0.1) is 11.3 Å². The lowest BCUT2D eigenvalue weighted by molar-refractivity contribution is -0.133. The van der Waals surface area contributed by atoms with Gasteiger partial charge in [-0.15, -0.1) is 0 Å². The summed E-state index contributed by atoms with van der Waals surface area (Å²) in [7, 11) is 0. The van der Waals surface area contributed by atoms with Crippen LogP contribution in [0.5, 0.6) is 0 Å². The summed E-state index contributed by atoms with van der Waals surface area (Å²) in [6.45, 7) is 3.56. The molecule has 1 aromatic rings. The number of fused-ring (bicyclic) bond motifs is 3. The van der Waals surface area contributed by atoms with E-state index in [1.807, 2.05) is 24.0 Å². The molecule has 1 unspecified atom stereocenters. The van der Waals surface area contributed by atoms with Gasteiger partial charge in [-0.3, -0.25) is 24.1 Å². The number of carbonyl (C=O) groups excluding carboxylic acids is 4. The second kappa shape index (κ2) is 7.90. The van der Waals surface area contributed by atoms with Gasteiger partial charge in [0.25, 0.3) is 5.91 Å². The van der Waals surface area contributed by atoms with Gasteiger partial charge in [-0.1, -0.05) is 12.1 Å². The highest BCUT2D eigenvalue weighted by Crippen LogP contribution is 2.44. The molecule has 32 heavy (non-hydrogen) atoms. The molecule has 1 atom stereocenters. The molecule has 3 fully saturated rings. The fourth-order valence-electron chi connectivity index (χ4n) is 5.39. The predicted octanol–water partition coefficient (Wildman–Crippen LogP) is 1.89. The topological polar surface area (TPSA) is 90.0 Å². The highest BCUT2D eigenvalue weighted by molar-refractivity contribution is 6.10. The van der Waals surface area contributed by atoms with E-state index in [2.05, 4.69) is 5.32 Å². The van der Waals surface area contributed by atoms with Crippen LogP contribution >= 0.6 is 0 Å². The van der Waals surface area contributed by atoms with Crippen molar-refractivity contribution in [1.29, 1.82) is 0 Å². The van der Waals surface area contributed by atoms with Crippen molar-refractivity contribution in [3.8, 4) is 0 Å². The van der Waals surface area contributed by atoms with Gasteiger partial charge in [0, 0.05) is 44.4 Å². The molecule has 1 saturated carbocycles. The van der Waals surface area contributed by atoms with Crippen molar-refractivity contribution in [3.05, 3.63) is 29.8 Å². The summed E-state index contributed by atoms with van der Waals surface area (Å²) in [6, 6.07) is 7.26. The summed E-state index contributed by atoms with van der Waals surface area (Å²) >= 11 is 0. The quantitative estimate of drug-likeness (QED) is 0.760. The van der Waals surface area contributed by atoms with Gasteiger partial charge in [0.15, 0.2) is 0 Å². The van der Waals surface area contributed by atoms with Crippen LogP contribution in [0.3, 0.4) is 0 Å². The van der Waals surface area contributed by atoms with E-state index >= 15 is 0 Å². The summed E-state index contributed by atoms with van der Waals surface area (Å²) in [5.41, 5.74) is 0.432. The molecule has 3 aliphatic heterocycles. The van der Waals surface area contributed by atoms with Crippen molar-refractivity contribution < 1.29 is 19.2 Å². The summed E-state index contributed by atoms with van der Waals surface area (Å²) in [5, 5.41) is 3.08. The molecule has 0 spiro atoms. The molecule has 1 aliphatic carbocycles. The van der Waals surface area contributed by atoms with E-state index in [9.17, 15) is 19.2 Å². The summed E-state index contributed by atoms with van der Waals surface area (Å²) < 4.78 is 0. The van der Waals surface area contributed by atoms with Gasteiger partial charge in [-0.2, -0.15) is 0 Å². The zero-order chi connectivity index (χ0) is 22.5. The number of para-hydroxylation sites is 1. The van der Waals surface area contributed by atoms with Gasteiger partial charge in [0.1, 0.15) is 5.66 Å². The van der Waals surface area contributed by atoms with Crippen LogP contribution in [-0.4, -0.2) is 64.8 Å². The van der Waals surface area contributed by atoms with Crippen LogP contribution in [0, 0.1) is 5.92 Å². The van der Waals surface area contributed by atoms with E-state index in [0.29, 0.717) is 37.2 Å². The van der Waals surface area contributed by atoms with E-state index in [4.69, 9.17) is 0 Å². The van der Waals surface area contributed by atoms with E-state index < -0.39 is 5.66 Å². The first kappa shape index (κ1) is 21.0. The second-order valence-corrected chi connectivity index (χ2v) is 9.61. The Balaban J connectivity index is 1.20. The van der Waals surface area contributed by atoms with Crippen LogP contribution in [0.2, 0.25) is 0 Å². The molecule has 1 aromatic carbocycles. The zero-order valence-electron chi connectivity index (χ0n) is 18.5. The molecule has 5 rings (SSSR count). The van der Waals surface area contributed by atoms with Crippen molar-refractivity contribution in [3.63, 3.8) is 0 Å². The minimum absolute atomic E-state index is 0.00871. The van der Waals surface area contributed by atoms with Crippen LogP contribution in [-0.2, 0) is 14.4 Å². The minimum Gasteiger partial charge on any atom is -0.353 e. The molecular formula is C24H30N4O4. The third kappa shape index (κ3) is 3.55. The molecule has 170 valence electrons. The summed E-state index contributed by atoms with van der Waals surface area (Å²) in [4.78, 5) is 56.1. The number of hydrogen-bond donors (Lipinski definition) is 1. The largest absolute Gasteiger partial charge is 0.353 e. The van der Waals surface area contributed by atoms with Crippen LogP contribution in [0.15, 0.2) is 24.3 Å². The molecular weight excluding hydrogens is 408 g/mol. The summed E-state index contributed by atoms with van der Waals surface area (Å²) in [5.74, 6) is 0.283. The first-order valence-corrected chi connectivity index (χ1v) is 11.7. The third-order valence-electron chi connectivity index (χ3n) is 7.41. The van der Waals surface area contributed by atoms with Crippen molar-refractivity contribution >= 4 is 29.3 Å². The number of hydrogen-bond acceptors (Lipinski definition) is 4. The number of nitrogens with zero attached hydrogens (tertiary/aromatic N) is 3. The highest BCUT2D eigenvalue weighted by Gasteiger charge is 2.52. The zero-order valence-corrected chi connectivity index (χ0v) is 18.5. The van der Waals surface area contributed by atoms with Crippen LogP contribution < -0.4 is 10.2 Å². The maximum absolute atomic E-state index is 13.3. The average molecular weight is 439 g/mol. The normalized spacial score (nSPS) is 25.6. The molecule has 0 bridgehead atoms. The number of rotatable bonds is 5. The van der Waals surface area contributed by atoms with Gasteiger partial charge in [-0.25, -0.2) is 0 Å². The van der Waals surface area contributed by atoms with E-state index in [1.54, 1.807) is 21.9 Å². The standard InChI is InChI=1S/C24H30N4O4/c1-24-12-8-21(30)28(24)19-5-3-2-4-18(19)23(32)27(24)15-11-20(29)25-17-9-13-26(14-10-17)22(31)16-6-7-16/h2-5,16-17H,6-15H2,1H3,(H,25,29). The molecule has 3 heterocycles. The number of nitrogens with one attached hydrogen (secondary N) is 1. The van der Waals surface area contributed by atoms with Gasteiger partial charge in [-0.05, 0) is 51.2 Å². The fourth-order valence-corrected chi connectivity index (χ4v) is 5.39. The molecule has 0 radical (unpaired) electrons. The van der Waals surface area contributed by atoms with Crippen LogP contribution in [0.4, 0.5) is 5.69 Å². The molecule has 2 saturated heterocycles. The number of benzene rings is 1. The maximum Gasteiger partial charge on any atom is 0.257 e. The monoisotopic (exact) mass is 438 g/mol. The predicted molar refractivity (Wildman–Crippen MR) is 118 cm³/mol. The van der Waals surface area contributed by atoms with Crippen molar-refractivity contribution in [2.24, 2.45) is 5.92 Å². The number of amides is 4. The Morgan fingerprint density at radius 2 is 1.81 bits per heavy atom. The molecule has 4 amide bonds. The maximum atomic E-state index is 13.3. The number of carbonyl (C=O) groups is 4. The van der Waals surface area contributed by atoms with Crippen molar-refractivity contribution in [2.75, 3.05) is 24.5 Å². The number of anilines is 1. The lowest BCUT2D eigenvalue weighted by Gasteiger charge is -2.48. The molecule has 0 aromatic heterocycles. The number of piperidine rings is 1. The summed E-state index contributed by atoms with van der Waals surface area (Å²) in [6.07, 6.45) is 4.68. The van der Waals surface area contributed by atoms with Gasteiger partial charge >= 0.3 is 0 Å². The fraction of sp³-hybridized carbons (Fsp3) is 0.583. The minimum atomic E-state index is -0.739. The Hall–Kier alpha value is -2.90. The molecule has 8 heteroatoms. The highest BCUT2D eigenvalue weighted by atomic mass is 16.2. The van der Waals surface area contributed by atoms with Crippen LogP contribution in [0.1, 0.15) is 62.2 Å². The van der Waals surface area contributed by atoms with Crippen molar-refractivity contribution in [1.82, 2.24) is 15.1 Å². The third-order valence-corrected chi connectivity index (χ3v) is 7.41. The first-order valence-electron chi connectivity index (χ1n) is 11.7. The van der Waals surface area contributed by atoms with Crippen molar-refractivity contribution in [2.45, 2.75) is 63.6 Å². The Kier molecular flexibility index (Phi) is 5.18. The Labute approximate surface area is 187 Å². The Morgan fingerprint density at radius 1 is 1.09 bits per heavy atom. The average Bonchev–Trinajstić information content (AvgIpc) is 3.59. The molecule has 4 aliphatic rings.